The van der Waals surface area contributed by atoms with Gasteiger partial charge in [-0.2, -0.15) is 13.2 Å². The van der Waals surface area contributed by atoms with Crippen molar-refractivity contribution in [3.8, 4) is 0 Å². The number of benzene rings is 1. The summed E-state index contributed by atoms with van der Waals surface area (Å²) in [6.07, 6.45) is -4.48. The molecule has 0 saturated heterocycles. The molecular weight excluding hydrogens is 220 g/mol. The Kier molecular flexibility index (Phi) is 5.48. The maximum absolute atomic E-state index is 12.6. The van der Waals surface area contributed by atoms with Gasteiger partial charge < -0.3 is 0 Å². The molecule has 0 aliphatic rings. The molecule has 0 fully saturated rings. The third-order valence-electron chi connectivity index (χ3n) is 1.94. The van der Waals surface area contributed by atoms with E-state index in [4.69, 9.17) is 0 Å². The first-order valence-corrected chi connectivity index (χ1v) is 5.19. The second-order valence-corrected chi connectivity index (χ2v) is 3.38. The Morgan fingerprint density at radius 1 is 1.06 bits per heavy atom. The molecular formula is C12H16F4. The van der Waals surface area contributed by atoms with Crippen LogP contribution in [0.4, 0.5) is 17.6 Å². The van der Waals surface area contributed by atoms with Crippen molar-refractivity contribution in [3.63, 3.8) is 0 Å². The van der Waals surface area contributed by atoms with Crippen LogP contribution in [0.3, 0.4) is 0 Å². The monoisotopic (exact) mass is 236 g/mol. The highest BCUT2D eigenvalue weighted by atomic mass is 19.4. The van der Waals surface area contributed by atoms with Crippen LogP contribution in [0.2, 0.25) is 0 Å². The second-order valence-electron chi connectivity index (χ2n) is 3.38. The summed E-state index contributed by atoms with van der Waals surface area (Å²) >= 11 is 0. The van der Waals surface area contributed by atoms with Gasteiger partial charge in [-0.15, -0.1) is 0 Å². The van der Waals surface area contributed by atoms with Gasteiger partial charge in [-0.25, -0.2) is 4.39 Å². The van der Waals surface area contributed by atoms with Crippen LogP contribution in [0.1, 0.15) is 44.7 Å². The van der Waals surface area contributed by atoms with Crippen LogP contribution >= 0.6 is 0 Å². The topological polar surface area (TPSA) is 0 Å². The summed E-state index contributed by atoms with van der Waals surface area (Å²) < 4.78 is 49.9. The summed E-state index contributed by atoms with van der Waals surface area (Å²) in [5.74, 6) is -1.13. The normalized spacial score (nSPS) is 11.1. The van der Waals surface area contributed by atoms with Crippen molar-refractivity contribution in [2.24, 2.45) is 0 Å². The first-order valence-electron chi connectivity index (χ1n) is 5.19. The molecule has 0 atom stereocenters. The molecule has 1 aromatic rings. The lowest BCUT2D eigenvalue weighted by Crippen LogP contribution is -2.10. The lowest BCUT2D eigenvalue weighted by Gasteiger charge is -2.15. The standard InChI is InChI=1S/C10H10F4.C2H6/c1-6(2)8-4-3-7(11)5-9(8)10(12,13)14;1-2/h3-6H,1-2H3;1-2H3. The molecule has 0 aliphatic carbocycles. The Morgan fingerprint density at radius 3 is 1.94 bits per heavy atom. The maximum atomic E-state index is 12.6. The van der Waals surface area contributed by atoms with Crippen LogP contribution in [-0.4, -0.2) is 0 Å². The van der Waals surface area contributed by atoms with E-state index in [1.54, 1.807) is 13.8 Å². The molecule has 0 saturated carbocycles. The first-order chi connectivity index (χ1) is 7.32. The summed E-state index contributed by atoms with van der Waals surface area (Å²) in [6.45, 7) is 7.28. The third kappa shape index (κ3) is 3.83. The molecule has 4 heteroatoms. The molecule has 0 bridgehead atoms. The second kappa shape index (κ2) is 5.87. The van der Waals surface area contributed by atoms with Gasteiger partial charge in [0.15, 0.2) is 0 Å². The fourth-order valence-corrected chi connectivity index (χ4v) is 1.28. The summed E-state index contributed by atoms with van der Waals surface area (Å²) in [5.41, 5.74) is -0.758. The van der Waals surface area contributed by atoms with Gasteiger partial charge >= 0.3 is 6.18 Å². The molecule has 0 N–H and O–H groups in total. The molecule has 0 nitrogen and oxygen atoms in total. The molecule has 1 rings (SSSR count). The number of rotatable bonds is 1. The van der Waals surface area contributed by atoms with E-state index in [1.165, 1.54) is 6.07 Å². The summed E-state index contributed by atoms with van der Waals surface area (Å²) in [5, 5.41) is 0. The smallest absolute Gasteiger partial charge is 0.207 e. The SMILES string of the molecule is CC.CC(C)c1ccc(F)cc1C(F)(F)F. The van der Waals surface area contributed by atoms with Gasteiger partial charge in [-0.05, 0) is 23.6 Å². The molecule has 0 heterocycles. The van der Waals surface area contributed by atoms with Crippen LogP contribution < -0.4 is 0 Å². The summed E-state index contributed by atoms with van der Waals surface area (Å²) in [6, 6.07) is 2.77. The minimum Gasteiger partial charge on any atom is -0.207 e. The number of alkyl halides is 3. The molecule has 0 spiro atoms. The predicted octanol–water partition coefficient (Wildman–Crippen LogP) is 4.99. The third-order valence-corrected chi connectivity index (χ3v) is 1.94. The van der Waals surface area contributed by atoms with Crippen molar-refractivity contribution in [2.45, 2.75) is 39.8 Å². The molecule has 0 amide bonds. The molecule has 0 unspecified atom stereocenters. The average Bonchev–Trinajstić information content (AvgIpc) is 2.19. The van der Waals surface area contributed by atoms with Crippen molar-refractivity contribution in [3.05, 3.63) is 35.1 Å². The van der Waals surface area contributed by atoms with Gasteiger partial charge in [-0.3, -0.25) is 0 Å². The van der Waals surface area contributed by atoms with Crippen molar-refractivity contribution in [2.75, 3.05) is 0 Å². The van der Waals surface area contributed by atoms with Gasteiger partial charge in [-0.1, -0.05) is 33.8 Å². The van der Waals surface area contributed by atoms with Gasteiger partial charge in [0.25, 0.3) is 0 Å². The molecule has 0 radical (unpaired) electrons. The minimum absolute atomic E-state index is 0.124. The van der Waals surface area contributed by atoms with Gasteiger partial charge in [0.2, 0.25) is 0 Å². The van der Waals surface area contributed by atoms with E-state index >= 15 is 0 Å². The van der Waals surface area contributed by atoms with Crippen molar-refractivity contribution in [1.29, 1.82) is 0 Å². The maximum Gasteiger partial charge on any atom is 0.416 e. The van der Waals surface area contributed by atoms with Gasteiger partial charge in [0.1, 0.15) is 5.82 Å². The van der Waals surface area contributed by atoms with E-state index in [2.05, 4.69) is 0 Å². The lowest BCUT2D eigenvalue weighted by atomic mass is 9.97. The number of halogens is 4. The van der Waals surface area contributed by atoms with Crippen molar-refractivity contribution < 1.29 is 17.6 Å². The van der Waals surface area contributed by atoms with Crippen LogP contribution in [0, 0.1) is 5.82 Å². The quantitative estimate of drug-likeness (QED) is 0.602. The van der Waals surface area contributed by atoms with Crippen molar-refractivity contribution >= 4 is 0 Å². The highest BCUT2D eigenvalue weighted by molar-refractivity contribution is 5.32. The Balaban J connectivity index is 0.00000106. The highest BCUT2D eigenvalue weighted by Gasteiger charge is 2.34. The van der Waals surface area contributed by atoms with E-state index in [9.17, 15) is 17.6 Å². The number of hydrogen-bond acceptors (Lipinski definition) is 0. The predicted molar refractivity (Wildman–Crippen MR) is 56.8 cm³/mol. The molecule has 1 aromatic carbocycles. The summed E-state index contributed by atoms with van der Waals surface area (Å²) in [4.78, 5) is 0. The largest absolute Gasteiger partial charge is 0.416 e. The molecule has 0 aliphatic heterocycles. The van der Waals surface area contributed by atoms with Crippen LogP contribution in [0.25, 0.3) is 0 Å². The lowest BCUT2D eigenvalue weighted by molar-refractivity contribution is -0.138. The molecule has 0 aromatic heterocycles. The van der Waals surface area contributed by atoms with E-state index in [0.717, 1.165) is 6.07 Å². The Labute approximate surface area is 93.3 Å². The average molecular weight is 236 g/mol. The Hall–Kier alpha value is -1.06. The zero-order valence-corrected chi connectivity index (χ0v) is 9.82. The van der Waals surface area contributed by atoms with Crippen LogP contribution in [-0.2, 0) is 6.18 Å². The first kappa shape index (κ1) is 14.9. The highest BCUT2D eigenvalue weighted by Crippen LogP contribution is 2.35. The fraction of sp³-hybridized carbons (Fsp3) is 0.500. The minimum atomic E-state index is -4.48. The Morgan fingerprint density at radius 2 is 1.56 bits per heavy atom. The van der Waals surface area contributed by atoms with E-state index in [-0.39, 0.29) is 11.5 Å². The van der Waals surface area contributed by atoms with Gasteiger partial charge in [0, 0.05) is 0 Å². The zero-order valence-electron chi connectivity index (χ0n) is 9.82. The molecule has 92 valence electrons. The number of hydrogen-bond donors (Lipinski definition) is 0. The van der Waals surface area contributed by atoms with E-state index < -0.39 is 17.6 Å². The van der Waals surface area contributed by atoms with E-state index in [0.29, 0.717) is 6.07 Å². The van der Waals surface area contributed by atoms with Crippen LogP contribution in [0.5, 0.6) is 0 Å². The van der Waals surface area contributed by atoms with Gasteiger partial charge in [0.05, 0.1) is 5.56 Å². The fourth-order valence-electron chi connectivity index (χ4n) is 1.28. The molecule has 16 heavy (non-hydrogen) atoms. The van der Waals surface area contributed by atoms with E-state index in [1.807, 2.05) is 13.8 Å². The Bertz CT molecular complexity index is 326. The van der Waals surface area contributed by atoms with Crippen LogP contribution in [0.15, 0.2) is 18.2 Å². The van der Waals surface area contributed by atoms with Crippen molar-refractivity contribution in [1.82, 2.24) is 0 Å². The summed E-state index contributed by atoms with van der Waals surface area (Å²) in [7, 11) is 0. The zero-order chi connectivity index (χ0) is 12.9.